The Morgan fingerprint density at radius 3 is 2.28 bits per heavy atom. The number of H-pyrrole nitrogens is 1. The molecule has 0 aliphatic rings. The van der Waals surface area contributed by atoms with E-state index in [1.165, 1.54) is 5.56 Å². The molecule has 1 N–H and O–H groups in total. The minimum absolute atomic E-state index is 0.117. The van der Waals surface area contributed by atoms with Crippen LogP contribution in [0.1, 0.15) is 26.3 Å². The van der Waals surface area contributed by atoms with Gasteiger partial charge in [0.25, 0.3) is 0 Å². The van der Waals surface area contributed by atoms with Gasteiger partial charge >= 0.3 is 114 Å². The van der Waals surface area contributed by atoms with Crippen molar-refractivity contribution < 1.29 is 0 Å². The van der Waals surface area contributed by atoms with Crippen molar-refractivity contribution in [2.24, 2.45) is 0 Å². The fourth-order valence-corrected chi connectivity index (χ4v) is 2.04. The molecule has 0 fully saturated rings. The van der Waals surface area contributed by atoms with Crippen LogP contribution in [0.4, 0.5) is 0 Å². The fraction of sp³-hybridized carbons (Fsp3) is 0.286. The molecule has 0 aliphatic carbocycles. The van der Waals surface area contributed by atoms with Crippen LogP contribution in [0, 0.1) is 0 Å². The number of nitrogens with zero attached hydrogens (tertiary/aromatic N) is 1. The first-order valence-electron chi connectivity index (χ1n) is 5.75. The first-order valence-corrected chi connectivity index (χ1v) is 6.61. The SMILES string of the molecule is CC(C)(C)c1ccc(-c2cnc([Se])[nH]c2=O)cc1. The number of aromatic amines is 1. The maximum absolute atomic E-state index is 11.8. The third kappa shape index (κ3) is 2.71. The van der Waals surface area contributed by atoms with Crippen molar-refractivity contribution in [3.8, 4) is 11.1 Å². The van der Waals surface area contributed by atoms with Crippen molar-refractivity contribution in [3.63, 3.8) is 0 Å². The van der Waals surface area contributed by atoms with Gasteiger partial charge < -0.3 is 0 Å². The molecule has 3 nitrogen and oxygen atoms in total. The van der Waals surface area contributed by atoms with Gasteiger partial charge in [-0.3, -0.25) is 0 Å². The Morgan fingerprint density at radius 1 is 1.17 bits per heavy atom. The Kier molecular flexibility index (Phi) is 3.42. The van der Waals surface area contributed by atoms with Gasteiger partial charge in [0.1, 0.15) is 0 Å². The van der Waals surface area contributed by atoms with Crippen LogP contribution in [-0.2, 0) is 5.41 Å². The van der Waals surface area contributed by atoms with Crippen LogP contribution in [0.15, 0.2) is 35.3 Å². The quantitative estimate of drug-likeness (QED) is 0.812. The molecule has 1 radical (unpaired) electrons. The van der Waals surface area contributed by atoms with E-state index in [2.05, 4.69) is 58.9 Å². The normalized spacial score (nSPS) is 11.5. The molecule has 0 bridgehead atoms. The van der Waals surface area contributed by atoms with E-state index < -0.39 is 0 Å². The molecule has 2 rings (SSSR count). The Labute approximate surface area is 114 Å². The van der Waals surface area contributed by atoms with Gasteiger partial charge in [0.15, 0.2) is 0 Å². The maximum atomic E-state index is 11.8. The third-order valence-corrected chi connectivity index (χ3v) is 3.27. The molecular weight excluding hydrogens is 291 g/mol. The predicted octanol–water partition coefficient (Wildman–Crippen LogP) is 1.53. The number of hydrogen-bond acceptors (Lipinski definition) is 2. The van der Waals surface area contributed by atoms with E-state index in [0.717, 1.165) is 5.56 Å². The van der Waals surface area contributed by atoms with E-state index in [4.69, 9.17) is 0 Å². The molecule has 2 aromatic rings. The molecule has 1 aromatic heterocycles. The summed E-state index contributed by atoms with van der Waals surface area (Å²) in [5.41, 5.74) is 2.72. The molecule has 0 saturated carbocycles. The van der Waals surface area contributed by atoms with Gasteiger partial charge in [-0.15, -0.1) is 0 Å². The summed E-state index contributed by atoms with van der Waals surface area (Å²) in [7, 11) is 0. The van der Waals surface area contributed by atoms with Crippen molar-refractivity contribution in [2.45, 2.75) is 26.2 Å². The Hall–Kier alpha value is -1.38. The van der Waals surface area contributed by atoms with Crippen LogP contribution in [0.3, 0.4) is 0 Å². The second-order valence-electron chi connectivity index (χ2n) is 5.26. The number of hydrogen-bond donors (Lipinski definition) is 1. The Morgan fingerprint density at radius 2 is 1.78 bits per heavy atom. The zero-order valence-electron chi connectivity index (χ0n) is 10.7. The Bertz CT molecular complexity index is 609. The average Bonchev–Trinajstić information content (AvgIpc) is 2.28. The van der Waals surface area contributed by atoms with E-state index in [0.29, 0.717) is 10.3 Å². The van der Waals surface area contributed by atoms with Gasteiger partial charge in [-0.25, -0.2) is 0 Å². The number of nitrogens with one attached hydrogen (secondary N) is 1. The van der Waals surface area contributed by atoms with E-state index in [-0.39, 0.29) is 11.0 Å². The predicted molar refractivity (Wildman–Crippen MR) is 74.4 cm³/mol. The van der Waals surface area contributed by atoms with E-state index in [1.807, 2.05) is 12.1 Å². The monoisotopic (exact) mass is 307 g/mol. The van der Waals surface area contributed by atoms with Crippen molar-refractivity contribution >= 4 is 20.7 Å². The molecular formula is C14H15N2OSe. The summed E-state index contributed by atoms with van der Waals surface area (Å²) in [6.45, 7) is 6.49. The first-order chi connectivity index (χ1) is 8.38. The van der Waals surface area contributed by atoms with Crippen LogP contribution in [0.2, 0.25) is 0 Å². The molecule has 0 saturated heterocycles. The molecule has 0 amide bonds. The van der Waals surface area contributed by atoms with Gasteiger partial charge in [0, 0.05) is 0 Å². The van der Waals surface area contributed by atoms with Gasteiger partial charge in [0.2, 0.25) is 0 Å². The summed E-state index contributed by atoms with van der Waals surface area (Å²) in [6, 6.07) is 8.04. The van der Waals surface area contributed by atoms with Crippen LogP contribution >= 0.6 is 0 Å². The summed E-state index contributed by atoms with van der Waals surface area (Å²) in [5.74, 6) is 0. The zero-order valence-corrected chi connectivity index (χ0v) is 12.4. The van der Waals surface area contributed by atoms with E-state index in [9.17, 15) is 4.79 Å². The van der Waals surface area contributed by atoms with Gasteiger partial charge in [-0.2, -0.15) is 0 Å². The second-order valence-corrected chi connectivity index (χ2v) is 6.07. The molecule has 0 spiro atoms. The summed E-state index contributed by atoms with van der Waals surface area (Å²) < 4.78 is 0.509. The molecule has 93 valence electrons. The molecule has 0 unspecified atom stereocenters. The minimum atomic E-state index is -0.123. The molecule has 0 aliphatic heterocycles. The molecule has 1 aromatic carbocycles. The zero-order chi connectivity index (χ0) is 13.3. The van der Waals surface area contributed by atoms with Gasteiger partial charge in [-0.1, -0.05) is 0 Å². The third-order valence-electron chi connectivity index (χ3n) is 2.84. The summed E-state index contributed by atoms with van der Waals surface area (Å²) >= 11 is 2.68. The summed E-state index contributed by atoms with van der Waals surface area (Å²) in [5, 5.41) is 0. The summed E-state index contributed by atoms with van der Waals surface area (Å²) in [4.78, 5) is 18.5. The van der Waals surface area contributed by atoms with E-state index in [1.54, 1.807) is 6.20 Å². The first kappa shape index (κ1) is 13.1. The number of benzene rings is 1. The van der Waals surface area contributed by atoms with Crippen LogP contribution in [0.5, 0.6) is 0 Å². The number of aromatic nitrogens is 2. The second kappa shape index (κ2) is 4.71. The van der Waals surface area contributed by atoms with Crippen LogP contribution < -0.4 is 10.3 Å². The summed E-state index contributed by atoms with van der Waals surface area (Å²) in [6.07, 6.45) is 1.59. The van der Waals surface area contributed by atoms with Crippen molar-refractivity contribution in [2.75, 3.05) is 0 Å². The fourth-order valence-electron chi connectivity index (χ4n) is 1.73. The average molecular weight is 306 g/mol. The van der Waals surface area contributed by atoms with Crippen molar-refractivity contribution in [1.82, 2.24) is 9.97 Å². The van der Waals surface area contributed by atoms with Gasteiger partial charge in [0.05, 0.1) is 0 Å². The topological polar surface area (TPSA) is 45.8 Å². The van der Waals surface area contributed by atoms with Crippen molar-refractivity contribution in [3.05, 3.63) is 46.4 Å². The molecule has 4 heteroatoms. The van der Waals surface area contributed by atoms with Crippen molar-refractivity contribution in [1.29, 1.82) is 0 Å². The number of rotatable bonds is 1. The standard InChI is InChI=1S/C14H15N2OSe/c1-14(2,3)10-6-4-9(5-7-10)11-8-15-13(18)16-12(11)17/h4-8H,1-3H3,(H,15,16,17). The van der Waals surface area contributed by atoms with E-state index >= 15 is 0 Å². The molecule has 0 atom stereocenters. The Balaban J connectivity index is 2.44. The van der Waals surface area contributed by atoms with Crippen LogP contribution in [0.25, 0.3) is 11.1 Å². The molecule has 18 heavy (non-hydrogen) atoms. The molecule has 1 heterocycles. The van der Waals surface area contributed by atoms with Crippen LogP contribution in [-0.4, -0.2) is 26.0 Å². The van der Waals surface area contributed by atoms with Gasteiger partial charge in [-0.05, 0) is 0 Å².